The highest BCUT2D eigenvalue weighted by Crippen LogP contribution is 2.54. The van der Waals surface area contributed by atoms with Gasteiger partial charge in [0, 0.05) is 50.4 Å². The minimum atomic E-state index is -0.0630. The van der Waals surface area contributed by atoms with Crippen LogP contribution in [0.1, 0.15) is 28.8 Å². The predicted molar refractivity (Wildman–Crippen MR) is 99.2 cm³/mol. The number of carbonyl (C=O) groups is 1. The van der Waals surface area contributed by atoms with Gasteiger partial charge in [0.1, 0.15) is 6.26 Å². The molecule has 2 aromatic rings. The van der Waals surface area contributed by atoms with Crippen LogP contribution >= 0.6 is 0 Å². The summed E-state index contributed by atoms with van der Waals surface area (Å²) in [6, 6.07) is 5.83. The zero-order valence-electron chi connectivity index (χ0n) is 15.3. The summed E-state index contributed by atoms with van der Waals surface area (Å²) in [5.74, 6) is 0.847. The quantitative estimate of drug-likeness (QED) is 0.847. The molecule has 0 aliphatic carbocycles. The highest BCUT2D eigenvalue weighted by Gasteiger charge is 2.62. The van der Waals surface area contributed by atoms with Gasteiger partial charge in [0.2, 0.25) is 0 Å². The van der Waals surface area contributed by atoms with Gasteiger partial charge in [-0.2, -0.15) is 0 Å². The van der Waals surface area contributed by atoms with Crippen LogP contribution in [0.3, 0.4) is 0 Å². The van der Waals surface area contributed by atoms with E-state index < -0.39 is 0 Å². The fourth-order valence-electron chi connectivity index (χ4n) is 5.27. The molecule has 3 aliphatic heterocycles. The molecule has 6 nitrogen and oxygen atoms in total. The van der Waals surface area contributed by atoms with E-state index >= 15 is 0 Å². The third-order valence-corrected chi connectivity index (χ3v) is 6.58. The van der Waals surface area contributed by atoms with Crippen molar-refractivity contribution in [1.82, 2.24) is 15.2 Å². The molecule has 6 heteroatoms. The largest absolute Gasteiger partial charge is 0.472 e. The maximum atomic E-state index is 12.3. The lowest BCUT2D eigenvalue weighted by Gasteiger charge is -2.29. The first-order valence-electron chi connectivity index (χ1n) is 9.83. The molecule has 3 aliphatic rings. The number of nitrogens with one attached hydrogen (secondary N) is 1. The average Bonchev–Trinajstić information content (AvgIpc) is 3.46. The molecule has 1 spiro atoms. The normalized spacial score (nSPS) is 31.9. The van der Waals surface area contributed by atoms with Crippen LogP contribution in [-0.4, -0.2) is 53.7 Å². The summed E-state index contributed by atoms with van der Waals surface area (Å²) in [7, 11) is 0. The fourth-order valence-corrected chi connectivity index (χ4v) is 5.27. The maximum absolute atomic E-state index is 12.3. The first-order valence-corrected chi connectivity index (χ1v) is 9.83. The van der Waals surface area contributed by atoms with Crippen LogP contribution in [0.25, 0.3) is 0 Å². The smallest absolute Gasteiger partial charge is 0.254 e. The number of likely N-dealkylation sites (tertiary alicyclic amines) is 1. The number of rotatable bonds is 6. The Labute approximate surface area is 158 Å². The molecule has 0 saturated carbocycles. The molecule has 5 rings (SSSR count). The number of ether oxygens (including phenoxy) is 1. The molecule has 3 fully saturated rings. The predicted octanol–water partition coefficient (Wildman–Crippen LogP) is 2.13. The summed E-state index contributed by atoms with van der Waals surface area (Å²) >= 11 is 0. The number of hydrogen-bond acceptors (Lipinski definition) is 5. The van der Waals surface area contributed by atoms with Gasteiger partial charge in [-0.1, -0.05) is 6.07 Å². The SMILES string of the molecule is O=C(NC[C@H]1[C@H]2CN(CCc3cccnc3)C[C@]23CC[C@H]1O3)c1ccoc1. The van der Waals surface area contributed by atoms with Gasteiger partial charge in [-0.25, -0.2) is 0 Å². The molecular weight excluding hydrogens is 342 g/mol. The van der Waals surface area contributed by atoms with E-state index in [0.29, 0.717) is 30.0 Å². The number of aromatic nitrogens is 1. The molecular formula is C21H25N3O3. The summed E-state index contributed by atoms with van der Waals surface area (Å²) in [5, 5.41) is 3.09. The summed E-state index contributed by atoms with van der Waals surface area (Å²) in [4.78, 5) is 19.0. The Morgan fingerprint density at radius 3 is 3.19 bits per heavy atom. The molecule has 0 radical (unpaired) electrons. The minimum Gasteiger partial charge on any atom is -0.472 e. The molecule has 0 unspecified atom stereocenters. The van der Waals surface area contributed by atoms with E-state index in [1.54, 1.807) is 6.07 Å². The second-order valence-corrected chi connectivity index (χ2v) is 8.10. The van der Waals surface area contributed by atoms with Crippen molar-refractivity contribution in [3.8, 4) is 0 Å². The molecule has 2 bridgehead atoms. The zero-order valence-corrected chi connectivity index (χ0v) is 15.3. The Hall–Kier alpha value is -2.18. The molecule has 4 atom stereocenters. The van der Waals surface area contributed by atoms with Gasteiger partial charge in [0.25, 0.3) is 5.91 Å². The molecule has 1 N–H and O–H groups in total. The van der Waals surface area contributed by atoms with Gasteiger partial charge in [-0.05, 0) is 37.0 Å². The second kappa shape index (κ2) is 6.77. The van der Waals surface area contributed by atoms with Crippen molar-refractivity contribution in [3.05, 3.63) is 54.2 Å². The summed E-state index contributed by atoms with van der Waals surface area (Å²) in [6.07, 6.45) is 10.4. The van der Waals surface area contributed by atoms with Crippen LogP contribution < -0.4 is 5.32 Å². The summed E-state index contributed by atoms with van der Waals surface area (Å²) in [5.41, 5.74) is 1.87. The summed E-state index contributed by atoms with van der Waals surface area (Å²) in [6.45, 7) is 3.78. The van der Waals surface area contributed by atoms with Crippen molar-refractivity contribution in [1.29, 1.82) is 0 Å². The van der Waals surface area contributed by atoms with E-state index in [1.165, 1.54) is 18.1 Å². The van der Waals surface area contributed by atoms with Crippen molar-refractivity contribution in [2.75, 3.05) is 26.2 Å². The van der Waals surface area contributed by atoms with Crippen molar-refractivity contribution in [3.63, 3.8) is 0 Å². The average molecular weight is 367 g/mol. The third-order valence-electron chi connectivity index (χ3n) is 6.58. The topological polar surface area (TPSA) is 67.6 Å². The van der Waals surface area contributed by atoms with Gasteiger partial charge < -0.3 is 14.5 Å². The first-order chi connectivity index (χ1) is 13.2. The lowest BCUT2D eigenvalue weighted by molar-refractivity contribution is 0.00285. The van der Waals surface area contributed by atoms with Crippen molar-refractivity contribution in [2.45, 2.75) is 31.0 Å². The van der Waals surface area contributed by atoms with E-state index in [9.17, 15) is 4.79 Å². The molecule has 3 saturated heterocycles. The van der Waals surface area contributed by atoms with Crippen LogP contribution in [0.2, 0.25) is 0 Å². The Morgan fingerprint density at radius 1 is 1.41 bits per heavy atom. The van der Waals surface area contributed by atoms with Crippen molar-refractivity contribution in [2.24, 2.45) is 11.8 Å². The number of furan rings is 1. The highest BCUT2D eigenvalue weighted by molar-refractivity contribution is 5.93. The molecule has 5 heterocycles. The monoisotopic (exact) mass is 367 g/mol. The van der Waals surface area contributed by atoms with E-state index in [1.807, 2.05) is 18.5 Å². The third kappa shape index (κ3) is 3.07. The Morgan fingerprint density at radius 2 is 2.37 bits per heavy atom. The van der Waals surface area contributed by atoms with Crippen LogP contribution in [0, 0.1) is 11.8 Å². The Balaban J connectivity index is 1.21. The molecule has 1 amide bonds. The zero-order chi connectivity index (χ0) is 18.3. The van der Waals surface area contributed by atoms with E-state index in [2.05, 4.69) is 21.3 Å². The first kappa shape index (κ1) is 17.0. The van der Waals surface area contributed by atoms with Crippen LogP contribution in [-0.2, 0) is 11.2 Å². The van der Waals surface area contributed by atoms with E-state index in [-0.39, 0.29) is 11.5 Å². The second-order valence-electron chi connectivity index (χ2n) is 8.10. The number of hydrogen-bond donors (Lipinski definition) is 1. The number of nitrogens with zero attached hydrogens (tertiary/aromatic N) is 2. The van der Waals surface area contributed by atoms with Gasteiger partial charge >= 0.3 is 0 Å². The van der Waals surface area contributed by atoms with Crippen LogP contribution in [0.5, 0.6) is 0 Å². The van der Waals surface area contributed by atoms with E-state index in [4.69, 9.17) is 9.15 Å². The molecule has 2 aromatic heterocycles. The number of pyridine rings is 1. The standard InChI is InChI=1S/C21H25N3O3/c25-20(16-5-9-26-13-16)23-11-17-18-12-24(8-4-15-2-1-7-22-10-15)14-21(18)6-3-19(17)27-21/h1-2,5,7,9-10,13,17-19H,3-4,6,8,11-12,14H2,(H,23,25)/t17-,18+,19+,21+/m0/s1. The van der Waals surface area contributed by atoms with Crippen LogP contribution in [0.15, 0.2) is 47.5 Å². The lowest BCUT2D eigenvalue weighted by Crippen LogP contribution is -2.41. The molecule has 27 heavy (non-hydrogen) atoms. The highest BCUT2D eigenvalue weighted by atomic mass is 16.5. The minimum absolute atomic E-state index is 0.00460. The van der Waals surface area contributed by atoms with Crippen molar-refractivity contribution < 1.29 is 13.9 Å². The fraction of sp³-hybridized carbons (Fsp3) is 0.524. The van der Waals surface area contributed by atoms with Gasteiger partial charge in [0.15, 0.2) is 0 Å². The number of fused-ring (bicyclic) bond motifs is 1. The molecule has 142 valence electrons. The van der Waals surface area contributed by atoms with E-state index in [0.717, 1.165) is 38.9 Å². The Bertz CT molecular complexity index is 794. The number of amides is 1. The molecule has 0 aromatic carbocycles. The lowest BCUT2D eigenvalue weighted by atomic mass is 9.73. The summed E-state index contributed by atoms with van der Waals surface area (Å²) < 4.78 is 11.5. The van der Waals surface area contributed by atoms with Gasteiger partial charge in [0.05, 0.1) is 23.5 Å². The van der Waals surface area contributed by atoms with Crippen molar-refractivity contribution >= 4 is 5.91 Å². The number of carbonyl (C=O) groups excluding carboxylic acids is 1. The van der Waals surface area contributed by atoms with Gasteiger partial charge in [-0.3, -0.25) is 14.7 Å². The maximum Gasteiger partial charge on any atom is 0.254 e. The van der Waals surface area contributed by atoms with Gasteiger partial charge in [-0.15, -0.1) is 0 Å². The van der Waals surface area contributed by atoms with Crippen LogP contribution in [0.4, 0.5) is 0 Å². The Kier molecular flexibility index (Phi) is 4.25.